The third kappa shape index (κ3) is 3.25. The van der Waals surface area contributed by atoms with E-state index in [1.807, 2.05) is 0 Å². The van der Waals surface area contributed by atoms with Gasteiger partial charge in [0.1, 0.15) is 0 Å². The number of hydrogen-bond acceptors (Lipinski definition) is 2. The first-order chi connectivity index (χ1) is 6.54. The molecule has 0 saturated carbocycles. The van der Waals surface area contributed by atoms with Crippen molar-refractivity contribution in [2.24, 2.45) is 11.7 Å². The Morgan fingerprint density at radius 3 is 2.50 bits per heavy atom. The molecule has 0 bridgehead atoms. The summed E-state index contributed by atoms with van der Waals surface area (Å²) < 4.78 is 5.83. The summed E-state index contributed by atoms with van der Waals surface area (Å²) in [4.78, 5) is 0. The summed E-state index contributed by atoms with van der Waals surface area (Å²) in [5.41, 5.74) is 6.16. The standard InChI is InChI=1S/C12H25NO/c1-10(2)6-7-11(13)12(3)8-4-5-9-14-12/h10-11H,4-9,13H2,1-3H3. The van der Waals surface area contributed by atoms with Crippen molar-refractivity contribution >= 4 is 0 Å². The molecule has 1 aliphatic rings. The molecule has 2 atom stereocenters. The molecule has 1 heterocycles. The van der Waals surface area contributed by atoms with Gasteiger partial charge in [0.15, 0.2) is 0 Å². The Hall–Kier alpha value is -0.0800. The van der Waals surface area contributed by atoms with E-state index in [0.717, 1.165) is 25.4 Å². The fourth-order valence-electron chi connectivity index (χ4n) is 2.07. The van der Waals surface area contributed by atoms with Crippen LogP contribution < -0.4 is 5.73 Å². The molecule has 1 fully saturated rings. The van der Waals surface area contributed by atoms with Crippen LogP contribution in [0.25, 0.3) is 0 Å². The smallest absolute Gasteiger partial charge is 0.0804 e. The van der Waals surface area contributed by atoms with E-state index in [4.69, 9.17) is 10.5 Å². The number of hydrogen-bond donors (Lipinski definition) is 1. The summed E-state index contributed by atoms with van der Waals surface area (Å²) in [6.07, 6.45) is 5.90. The summed E-state index contributed by atoms with van der Waals surface area (Å²) in [6.45, 7) is 7.57. The first kappa shape index (κ1) is 12.0. The van der Waals surface area contributed by atoms with Gasteiger partial charge in [0.25, 0.3) is 0 Å². The zero-order valence-corrected chi connectivity index (χ0v) is 9.88. The van der Waals surface area contributed by atoms with Gasteiger partial charge in [-0.15, -0.1) is 0 Å². The van der Waals surface area contributed by atoms with Gasteiger partial charge in [0, 0.05) is 12.6 Å². The van der Waals surface area contributed by atoms with Crippen LogP contribution in [0.5, 0.6) is 0 Å². The lowest BCUT2D eigenvalue weighted by atomic mass is 9.85. The molecule has 1 rings (SSSR count). The van der Waals surface area contributed by atoms with Crippen LogP contribution in [0.4, 0.5) is 0 Å². The Morgan fingerprint density at radius 1 is 1.29 bits per heavy atom. The third-order valence-corrected chi connectivity index (χ3v) is 3.34. The minimum atomic E-state index is -0.0485. The van der Waals surface area contributed by atoms with Crippen LogP contribution in [-0.2, 0) is 4.74 Å². The van der Waals surface area contributed by atoms with Crippen molar-refractivity contribution in [1.29, 1.82) is 0 Å². The maximum absolute atomic E-state index is 6.21. The Labute approximate surface area is 88.2 Å². The van der Waals surface area contributed by atoms with Gasteiger partial charge in [0.2, 0.25) is 0 Å². The molecular weight excluding hydrogens is 174 g/mol. The first-order valence-electron chi connectivity index (χ1n) is 5.94. The highest BCUT2D eigenvalue weighted by atomic mass is 16.5. The van der Waals surface area contributed by atoms with Gasteiger partial charge in [-0.1, -0.05) is 13.8 Å². The maximum atomic E-state index is 6.21. The van der Waals surface area contributed by atoms with E-state index in [-0.39, 0.29) is 11.6 Å². The SMILES string of the molecule is CC(C)CCC(N)C1(C)CCCCO1. The molecule has 1 saturated heterocycles. The predicted molar refractivity (Wildman–Crippen MR) is 60.3 cm³/mol. The molecule has 0 spiro atoms. The summed E-state index contributed by atoms with van der Waals surface area (Å²) in [5.74, 6) is 0.744. The van der Waals surface area contributed by atoms with Gasteiger partial charge >= 0.3 is 0 Å². The molecular formula is C12H25NO. The molecule has 1 aliphatic heterocycles. The highest BCUT2D eigenvalue weighted by Crippen LogP contribution is 2.29. The van der Waals surface area contributed by atoms with Gasteiger partial charge in [-0.2, -0.15) is 0 Å². The molecule has 0 aromatic carbocycles. The minimum Gasteiger partial charge on any atom is -0.374 e. The molecule has 0 amide bonds. The normalized spacial score (nSPS) is 30.6. The summed E-state index contributed by atoms with van der Waals surface area (Å²) >= 11 is 0. The van der Waals surface area contributed by atoms with Gasteiger partial charge in [-0.25, -0.2) is 0 Å². The third-order valence-electron chi connectivity index (χ3n) is 3.34. The van der Waals surface area contributed by atoms with Gasteiger partial charge in [-0.3, -0.25) is 0 Å². The molecule has 14 heavy (non-hydrogen) atoms. The van der Waals surface area contributed by atoms with Crippen LogP contribution in [0.15, 0.2) is 0 Å². The highest BCUT2D eigenvalue weighted by Gasteiger charge is 2.34. The van der Waals surface area contributed by atoms with Crippen molar-refractivity contribution in [2.45, 2.75) is 64.5 Å². The topological polar surface area (TPSA) is 35.2 Å². The average Bonchev–Trinajstić information content (AvgIpc) is 2.15. The number of ether oxygens (including phenoxy) is 1. The van der Waals surface area contributed by atoms with E-state index in [0.29, 0.717) is 0 Å². The lowest BCUT2D eigenvalue weighted by Gasteiger charge is -2.39. The lowest BCUT2D eigenvalue weighted by Crippen LogP contribution is -2.49. The van der Waals surface area contributed by atoms with Crippen molar-refractivity contribution in [3.8, 4) is 0 Å². The van der Waals surface area contributed by atoms with Crippen molar-refractivity contribution in [3.63, 3.8) is 0 Å². The fourth-order valence-corrected chi connectivity index (χ4v) is 2.07. The Kier molecular flexibility index (Phi) is 4.39. The fraction of sp³-hybridized carbons (Fsp3) is 1.00. The Morgan fingerprint density at radius 2 is 2.00 bits per heavy atom. The maximum Gasteiger partial charge on any atom is 0.0804 e. The second kappa shape index (κ2) is 5.13. The van der Waals surface area contributed by atoms with Crippen LogP contribution in [0.1, 0.15) is 52.9 Å². The molecule has 2 nitrogen and oxygen atoms in total. The monoisotopic (exact) mass is 199 g/mol. The van der Waals surface area contributed by atoms with Crippen LogP contribution in [0.3, 0.4) is 0 Å². The van der Waals surface area contributed by atoms with E-state index < -0.39 is 0 Å². The minimum absolute atomic E-state index is 0.0485. The van der Waals surface area contributed by atoms with Gasteiger partial charge < -0.3 is 10.5 Å². The highest BCUT2D eigenvalue weighted by molar-refractivity contribution is 4.89. The first-order valence-corrected chi connectivity index (χ1v) is 5.94. The van der Waals surface area contributed by atoms with E-state index >= 15 is 0 Å². The van der Waals surface area contributed by atoms with Crippen molar-refractivity contribution in [3.05, 3.63) is 0 Å². The number of nitrogens with two attached hydrogens (primary N) is 1. The van der Waals surface area contributed by atoms with E-state index in [2.05, 4.69) is 20.8 Å². The zero-order valence-electron chi connectivity index (χ0n) is 9.88. The summed E-state index contributed by atoms with van der Waals surface area (Å²) in [6, 6.07) is 0.213. The Bertz CT molecular complexity index is 162. The lowest BCUT2D eigenvalue weighted by molar-refractivity contribution is -0.0830. The molecule has 2 heteroatoms. The van der Waals surface area contributed by atoms with Crippen molar-refractivity contribution in [1.82, 2.24) is 0 Å². The quantitative estimate of drug-likeness (QED) is 0.755. The second-order valence-electron chi connectivity index (χ2n) is 5.20. The van der Waals surface area contributed by atoms with Crippen LogP contribution in [0.2, 0.25) is 0 Å². The van der Waals surface area contributed by atoms with Gasteiger partial charge in [-0.05, 0) is 44.9 Å². The molecule has 0 aliphatic carbocycles. The van der Waals surface area contributed by atoms with E-state index in [1.165, 1.54) is 19.3 Å². The zero-order chi connectivity index (χ0) is 10.6. The molecule has 84 valence electrons. The van der Waals surface area contributed by atoms with Gasteiger partial charge in [0.05, 0.1) is 5.60 Å². The molecule has 0 radical (unpaired) electrons. The molecule has 0 aromatic rings. The molecule has 2 N–H and O–H groups in total. The Balaban J connectivity index is 2.36. The predicted octanol–water partition coefficient (Wildman–Crippen LogP) is 2.71. The largest absolute Gasteiger partial charge is 0.374 e. The summed E-state index contributed by atoms with van der Waals surface area (Å²) in [5, 5.41) is 0. The summed E-state index contributed by atoms with van der Waals surface area (Å²) in [7, 11) is 0. The van der Waals surface area contributed by atoms with E-state index in [9.17, 15) is 0 Å². The number of rotatable bonds is 4. The van der Waals surface area contributed by atoms with Crippen molar-refractivity contribution < 1.29 is 4.74 Å². The van der Waals surface area contributed by atoms with E-state index in [1.54, 1.807) is 0 Å². The van der Waals surface area contributed by atoms with Crippen LogP contribution in [-0.4, -0.2) is 18.2 Å². The van der Waals surface area contributed by atoms with Crippen LogP contribution >= 0.6 is 0 Å². The average molecular weight is 199 g/mol. The molecule has 0 aromatic heterocycles. The van der Waals surface area contributed by atoms with Crippen molar-refractivity contribution in [2.75, 3.05) is 6.61 Å². The van der Waals surface area contributed by atoms with Crippen LogP contribution in [0, 0.1) is 5.92 Å². The second-order valence-corrected chi connectivity index (χ2v) is 5.20. The molecule has 2 unspecified atom stereocenters.